The van der Waals surface area contributed by atoms with Crippen LogP contribution in [0.5, 0.6) is 5.75 Å². The maximum Gasteiger partial charge on any atom is 0.235 e. The van der Waals surface area contributed by atoms with Gasteiger partial charge >= 0.3 is 0 Å². The number of methoxy groups -OCH3 is 1. The van der Waals surface area contributed by atoms with Gasteiger partial charge in [-0.15, -0.1) is 0 Å². The highest BCUT2D eigenvalue weighted by atomic mass is 16.5. The van der Waals surface area contributed by atoms with E-state index < -0.39 is 23.5 Å². The fourth-order valence-corrected chi connectivity index (χ4v) is 4.37. The van der Waals surface area contributed by atoms with Crippen LogP contribution >= 0.6 is 0 Å². The fraction of sp³-hybridized carbons (Fsp3) is 0.350. The van der Waals surface area contributed by atoms with Crippen molar-refractivity contribution in [2.45, 2.75) is 18.6 Å². The Labute approximate surface area is 161 Å². The molecule has 2 saturated heterocycles. The lowest BCUT2D eigenvalue weighted by Gasteiger charge is -2.23. The van der Waals surface area contributed by atoms with E-state index in [9.17, 15) is 9.59 Å². The molecule has 1 N–H and O–H groups in total. The molecule has 3 aliphatic heterocycles. The number of benzene rings is 1. The minimum absolute atomic E-state index is 0.171. The number of nitrogens with zero attached hydrogens (tertiary/aromatic N) is 2. The highest BCUT2D eigenvalue weighted by Gasteiger charge is 2.67. The van der Waals surface area contributed by atoms with Crippen LogP contribution in [0.4, 0.5) is 11.5 Å². The number of aryl methyl sites for hydroxylation is 1. The van der Waals surface area contributed by atoms with Crippen molar-refractivity contribution in [1.82, 2.24) is 5.16 Å². The number of hydrogen-bond donors (Lipinski definition) is 1. The van der Waals surface area contributed by atoms with E-state index >= 15 is 0 Å². The molecule has 2 fully saturated rings. The molecular weight excluding hydrogens is 362 g/mol. The number of carbonyl (C=O) groups excluding carboxylic acids is 2. The van der Waals surface area contributed by atoms with Crippen LogP contribution in [0.1, 0.15) is 5.76 Å². The van der Waals surface area contributed by atoms with Gasteiger partial charge in [-0.25, -0.2) is 0 Å². The number of rotatable bonds is 4. The highest BCUT2D eigenvalue weighted by molar-refractivity contribution is 6.05. The van der Waals surface area contributed by atoms with Gasteiger partial charge in [0.1, 0.15) is 17.1 Å². The Morgan fingerprint density at radius 2 is 2.14 bits per heavy atom. The van der Waals surface area contributed by atoms with Gasteiger partial charge in [-0.1, -0.05) is 17.3 Å². The molecule has 4 atom stereocenters. The van der Waals surface area contributed by atoms with Crippen LogP contribution in [0.2, 0.25) is 0 Å². The van der Waals surface area contributed by atoms with E-state index in [1.54, 1.807) is 49.3 Å². The summed E-state index contributed by atoms with van der Waals surface area (Å²) in [6, 6.07) is 8.76. The molecule has 0 saturated carbocycles. The minimum atomic E-state index is -0.795. The van der Waals surface area contributed by atoms with E-state index in [-0.39, 0.29) is 11.8 Å². The van der Waals surface area contributed by atoms with Crippen molar-refractivity contribution in [2.24, 2.45) is 11.8 Å². The van der Waals surface area contributed by atoms with E-state index in [1.807, 2.05) is 12.2 Å². The predicted molar refractivity (Wildman–Crippen MR) is 98.9 cm³/mol. The Morgan fingerprint density at radius 3 is 2.82 bits per heavy atom. The van der Waals surface area contributed by atoms with E-state index in [2.05, 4.69) is 10.5 Å². The summed E-state index contributed by atoms with van der Waals surface area (Å²) in [7, 11) is 1.58. The second-order valence-electron chi connectivity index (χ2n) is 7.34. The maximum absolute atomic E-state index is 13.2. The molecular formula is C20H19N3O5. The molecule has 1 aromatic heterocycles. The molecule has 144 valence electrons. The molecule has 1 aromatic carbocycles. The Hall–Kier alpha value is -3.13. The third-order valence-corrected chi connectivity index (χ3v) is 5.65. The van der Waals surface area contributed by atoms with Gasteiger partial charge in [-0.05, 0) is 31.2 Å². The first kappa shape index (κ1) is 17.0. The quantitative estimate of drug-likeness (QED) is 0.814. The lowest BCUT2D eigenvalue weighted by atomic mass is 9.77. The lowest BCUT2D eigenvalue weighted by molar-refractivity contribution is -0.128. The van der Waals surface area contributed by atoms with Gasteiger partial charge in [0.25, 0.3) is 0 Å². The number of nitrogens with one attached hydrogen (secondary N) is 1. The first-order valence-corrected chi connectivity index (χ1v) is 9.07. The van der Waals surface area contributed by atoms with Crippen LogP contribution in [0.3, 0.4) is 0 Å². The van der Waals surface area contributed by atoms with Gasteiger partial charge in [0.2, 0.25) is 11.8 Å². The Bertz CT molecular complexity index is 982. The van der Waals surface area contributed by atoms with Crippen LogP contribution in [0, 0.1) is 18.8 Å². The van der Waals surface area contributed by atoms with E-state index in [1.165, 1.54) is 0 Å². The zero-order chi connectivity index (χ0) is 19.5. The normalized spacial score (nSPS) is 30.0. The molecule has 2 aromatic rings. The van der Waals surface area contributed by atoms with Crippen molar-refractivity contribution in [3.05, 3.63) is 48.2 Å². The summed E-state index contributed by atoms with van der Waals surface area (Å²) in [6.07, 6.45) is 3.37. The molecule has 0 unspecified atom stereocenters. The summed E-state index contributed by atoms with van der Waals surface area (Å²) in [5.74, 6) is 0.170. The third kappa shape index (κ3) is 2.37. The second-order valence-corrected chi connectivity index (χ2v) is 7.34. The number of fused-ring (bicyclic) bond motifs is 1. The topological polar surface area (TPSA) is 93.9 Å². The number of anilines is 2. The molecule has 2 bridgehead atoms. The van der Waals surface area contributed by atoms with E-state index in [0.29, 0.717) is 29.6 Å². The summed E-state index contributed by atoms with van der Waals surface area (Å²) < 4.78 is 16.3. The van der Waals surface area contributed by atoms with Gasteiger partial charge < -0.3 is 19.3 Å². The molecule has 3 aliphatic rings. The summed E-state index contributed by atoms with van der Waals surface area (Å²) in [5, 5.41) is 6.84. The molecule has 8 nitrogen and oxygen atoms in total. The van der Waals surface area contributed by atoms with Crippen molar-refractivity contribution >= 4 is 23.3 Å². The highest BCUT2D eigenvalue weighted by Crippen LogP contribution is 2.52. The standard InChI is InChI=1S/C20H19N3O5/c1-11-9-15(22-28-11)23-10-20-8-7-14(27-20)16(17(20)19(23)25)18(24)21-12-3-5-13(26-2)6-4-12/h3-9,14,16-17H,10H2,1-2H3,(H,21,24)/t14-,16-,17+,20+/m1/s1. The van der Waals surface area contributed by atoms with E-state index in [4.69, 9.17) is 14.0 Å². The van der Waals surface area contributed by atoms with Crippen LogP contribution < -0.4 is 15.0 Å². The largest absolute Gasteiger partial charge is 0.497 e. The molecule has 0 radical (unpaired) electrons. The van der Waals surface area contributed by atoms with Crippen molar-refractivity contribution in [1.29, 1.82) is 0 Å². The maximum atomic E-state index is 13.2. The summed E-state index contributed by atoms with van der Waals surface area (Å²) >= 11 is 0. The summed E-state index contributed by atoms with van der Waals surface area (Å²) in [6.45, 7) is 2.09. The van der Waals surface area contributed by atoms with Crippen LogP contribution in [0.25, 0.3) is 0 Å². The number of hydrogen-bond acceptors (Lipinski definition) is 6. The smallest absolute Gasteiger partial charge is 0.235 e. The van der Waals surface area contributed by atoms with Gasteiger partial charge in [-0.3, -0.25) is 14.5 Å². The SMILES string of the molecule is COc1ccc(NC(=O)[C@H]2[C@H]3C(=O)N(c4cc(C)on4)C[C@@]34C=C[C@H]2O4)cc1. The first-order chi connectivity index (χ1) is 13.5. The lowest BCUT2D eigenvalue weighted by Crippen LogP contribution is -2.41. The monoisotopic (exact) mass is 381 g/mol. The molecule has 1 spiro atoms. The summed E-state index contributed by atoms with van der Waals surface area (Å²) in [5.41, 5.74) is -0.155. The Kier molecular flexibility index (Phi) is 3.60. The molecule has 0 aliphatic carbocycles. The average molecular weight is 381 g/mol. The van der Waals surface area contributed by atoms with Crippen molar-refractivity contribution < 1.29 is 23.6 Å². The third-order valence-electron chi connectivity index (χ3n) is 5.65. The molecule has 8 heteroatoms. The second kappa shape index (κ2) is 5.93. The predicted octanol–water partition coefficient (Wildman–Crippen LogP) is 1.92. The van der Waals surface area contributed by atoms with Crippen molar-refractivity contribution in [3.8, 4) is 5.75 Å². The zero-order valence-corrected chi connectivity index (χ0v) is 15.4. The van der Waals surface area contributed by atoms with Gasteiger partial charge in [0.15, 0.2) is 5.82 Å². The van der Waals surface area contributed by atoms with Crippen molar-refractivity contribution in [2.75, 3.05) is 23.9 Å². The minimum Gasteiger partial charge on any atom is -0.497 e. The molecule has 5 rings (SSSR count). The number of ether oxygens (including phenoxy) is 2. The van der Waals surface area contributed by atoms with Gasteiger partial charge in [-0.2, -0.15) is 0 Å². The molecule has 4 heterocycles. The fourth-order valence-electron chi connectivity index (χ4n) is 4.37. The van der Waals surface area contributed by atoms with Crippen LogP contribution in [-0.2, 0) is 14.3 Å². The van der Waals surface area contributed by atoms with Crippen molar-refractivity contribution in [3.63, 3.8) is 0 Å². The average Bonchev–Trinajstić information content (AvgIpc) is 3.43. The Balaban J connectivity index is 1.41. The molecule has 2 amide bonds. The van der Waals surface area contributed by atoms with Gasteiger partial charge in [0.05, 0.1) is 31.6 Å². The molecule has 28 heavy (non-hydrogen) atoms. The van der Waals surface area contributed by atoms with Crippen LogP contribution in [-0.4, -0.2) is 42.3 Å². The van der Waals surface area contributed by atoms with E-state index in [0.717, 1.165) is 0 Å². The zero-order valence-electron chi connectivity index (χ0n) is 15.4. The van der Waals surface area contributed by atoms with Crippen LogP contribution in [0.15, 0.2) is 47.0 Å². The summed E-state index contributed by atoms with van der Waals surface area (Å²) in [4.78, 5) is 27.7. The Morgan fingerprint density at radius 1 is 1.36 bits per heavy atom. The number of carbonyl (C=O) groups is 2. The number of amides is 2. The first-order valence-electron chi connectivity index (χ1n) is 9.07. The number of aromatic nitrogens is 1. The van der Waals surface area contributed by atoms with Gasteiger partial charge in [0, 0.05) is 11.8 Å².